The topological polar surface area (TPSA) is 0 Å². The van der Waals surface area contributed by atoms with Crippen LogP contribution in [0.5, 0.6) is 0 Å². The van der Waals surface area contributed by atoms with Crippen molar-refractivity contribution in [3.05, 3.63) is 105 Å². The molecule has 0 amide bonds. The number of rotatable bonds is 7. The molecule has 2 unspecified atom stereocenters. The van der Waals surface area contributed by atoms with Crippen molar-refractivity contribution in [2.45, 2.75) is 78.2 Å². The standard InChI is InChI=1S/C16H13.C16H21.C2H5.CH5Si.2ClH.Zr/c1-12-10-14-8-5-9-15(16(14)11-12)13-6-3-2-4-7-13;1-10(2)13-8-14-6-12(5)7-16(14)15(9-13)11(3)4;2*1-2;;;/h2-11H,1H3;6-11H,1-5H3;1H2,2H3;2H2,1H3;2*1H;/q;;;;;;+2/p-2. The van der Waals surface area contributed by atoms with Crippen LogP contribution in [0.25, 0.3) is 23.3 Å². The molecule has 0 aliphatic heterocycles. The molecule has 0 saturated carbocycles. The monoisotopic (exact) mass is 652 g/mol. The Balaban J connectivity index is 1.82. The molecule has 0 N–H and O–H groups in total. The van der Waals surface area contributed by atoms with Crippen LogP contribution in [0.3, 0.4) is 0 Å². The maximum absolute atomic E-state index is 8.69. The van der Waals surface area contributed by atoms with Crippen molar-refractivity contribution in [2.75, 3.05) is 0 Å². The third-order valence-corrected chi connectivity index (χ3v) is 67.7. The first-order chi connectivity index (χ1) is 18.3. The number of hydrogen-bond donors (Lipinski definition) is 0. The third kappa shape index (κ3) is 4.22. The molecule has 0 radical (unpaired) electrons. The zero-order chi connectivity index (χ0) is 28.4. The Bertz CT molecular complexity index is 1520. The second-order valence-electron chi connectivity index (χ2n) is 13.2. The van der Waals surface area contributed by atoms with Crippen LogP contribution in [0, 0.1) is 0 Å². The molecule has 0 aromatic heterocycles. The summed E-state index contributed by atoms with van der Waals surface area (Å²) in [4.78, 5) is 0. The molecular formula is C35H44Cl2SiZr. The van der Waals surface area contributed by atoms with Gasteiger partial charge in [0.05, 0.1) is 0 Å². The summed E-state index contributed by atoms with van der Waals surface area (Å²) in [5, 5.41) is 0. The van der Waals surface area contributed by atoms with E-state index in [0.717, 1.165) is 4.13 Å². The van der Waals surface area contributed by atoms with Crippen LogP contribution in [0.4, 0.5) is 0 Å². The Morgan fingerprint density at radius 3 is 1.95 bits per heavy atom. The van der Waals surface area contributed by atoms with Crippen LogP contribution in [-0.2, 0) is 14.1 Å². The molecule has 3 aromatic rings. The van der Waals surface area contributed by atoms with E-state index >= 15 is 0 Å². The first-order valence-corrected chi connectivity index (χ1v) is 33.1. The summed E-state index contributed by atoms with van der Waals surface area (Å²) in [6.07, 6.45) is 4.87. The summed E-state index contributed by atoms with van der Waals surface area (Å²) in [5.74, 6) is 0.905. The molecule has 5 rings (SSSR count). The molecule has 0 saturated heterocycles. The second kappa shape index (κ2) is 9.69. The van der Waals surface area contributed by atoms with E-state index in [1.54, 1.807) is 0 Å². The number of allylic oxidation sites excluding steroid dienone is 2. The van der Waals surface area contributed by atoms with E-state index in [4.69, 9.17) is 17.0 Å². The minimum atomic E-state index is -5.19. The molecular weight excluding hydrogens is 611 g/mol. The molecule has 2 aliphatic carbocycles. The molecule has 206 valence electrons. The van der Waals surface area contributed by atoms with Gasteiger partial charge in [-0.3, -0.25) is 0 Å². The van der Waals surface area contributed by atoms with Crippen molar-refractivity contribution in [3.8, 4) is 11.1 Å². The zero-order valence-corrected chi connectivity index (χ0v) is 30.3. The summed E-state index contributed by atoms with van der Waals surface area (Å²) < 4.78 is 1.12. The molecule has 0 bridgehead atoms. The maximum atomic E-state index is 8.69. The zero-order valence-electron chi connectivity index (χ0n) is 24.9. The van der Waals surface area contributed by atoms with Gasteiger partial charge in [-0.2, -0.15) is 0 Å². The van der Waals surface area contributed by atoms with Crippen LogP contribution >= 0.6 is 17.0 Å². The molecule has 39 heavy (non-hydrogen) atoms. The van der Waals surface area contributed by atoms with Gasteiger partial charge in [-0.15, -0.1) is 0 Å². The summed E-state index contributed by atoms with van der Waals surface area (Å²) >= 11 is -5.19. The molecule has 0 heterocycles. The molecule has 0 spiro atoms. The van der Waals surface area contributed by atoms with Crippen LogP contribution in [0.2, 0.25) is 10.7 Å². The SMILES string of the molecule is C[CH2][Zr]([Cl])([Cl])([SiH2]C)([CH]1C(C)=Cc2c(-c3ccccc3)cccc21)[CH]1C(C)=Cc2c(C(C)C)cc(C(C)C)cc21. The summed E-state index contributed by atoms with van der Waals surface area (Å²) in [6.45, 7) is 17.7. The van der Waals surface area contributed by atoms with Crippen molar-refractivity contribution in [2.24, 2.45) is 0 Å². The van der Waals surface area contributed by atoms with Crippen LogP contribution in [0.1, 0.15) is 101 Å². The van der Waals surface area contributed by atoms with E-state index in [2.05, 4.69) is 128 Å². The van der Waals surface area contributed by atoms with Crippen molar-refractivity contribution in [3.63, 3.8) is 0 Å². The summed E-state index contributed by atoms with van der Waals surface area (Å²) in [7, 11) is 17.4. The Labute approximate surface area is 242 Å². The predicted molar refractivity (Wildman–Crippen MR) is 176 cm³/mol. The Hall–Kier alpha value is -1.18. The average molecular weight is 655 g/mol. The molecule has 2 aliphatic rings. The minimum absolute atomic E-state index is 0.111. The molecule has 4 heteroatoms. The van der Waals surface area contributed by atoms with Gasteiger partial charge in [0.25, 0.3) is 0 Å². The number of halogens is 2. The van der Waals surface area contributed by atoms with Gasteiger partial charge in [0.15, 0.2) is 0 Å². The first-order valence-electron chi connectivity index (χ1n) is 14.8. The fraction of sp³-hybridized carbons (Fsp3) is 0.371. The van der Waals surface area contributed by atoms with Crippen molar-refractivity contribution < 1.29 is 14.1 Å². The van der Waals surface area contributed by atoms with E-state index in [1.165, 1.54) is 55.7 Å². The van der Waals surface area contributed by atoms with Crippen LogP contribution < -0.4 is 0 Å². The van der Waals surface area contributed by atoms with Gasteiger partial charge in [0, 0.05) is 0 Å². The van der Waals surface area contributed by atoms with E-state index in [0.29, 0.717) is 11.8 Å². The van der Waals surface area contributed by atoms with Crippen molar-refractivity contribution >= 4 is 35.8 Å². The molecule has 0 nitrogen and oxygen atoms in total. The quantitative estimate of drug-likeness (QED) is 0.222. The normalized spacial score (nSPS) is 20.7. The fourth-order valence-corrected chi connectivity index (χ4v) is 47.3. The fourth-order valence-electron chi connectivity index (χ4n) is 8.26. The van der Waals surface area contributed by atoms with Crippen LogP contribution in [0.15, 0.2) is 71.8 Å². The van der Waals surface area contributed by atoms with Gasteiger partial charge in [0.2, 0.25) is 0 Å². The predicted octanol–water partition coefficient (Wildman–Crippen LogP) is 11.3. The van der Waals surface area contributed by atoms with E-state index in [-0.39, 0.29) is 7.25 Å². The van der Waals surface area contributed by atoms with Gasteiger partial charge in [-0.1, -0.05) is 0 Å². The van der Waals surface area contributed by atoms with Crippen molar-refractivity contribution in [1.29, 1.82) is 0 Å². The van der Waals surface area contributed by atoms with E-state index in [9.17, 15) is 0 Å². The Kier molecular flexibility index (Phi) is 7.29. The molecule has 2 atom stereocenters. The third-order valence-electron chi connectivity index (χ3n) is 10.5. The number of hydrogen-bond acceptors (Lipinski definition) is 0. The second-order valence-corrected chi connectivity index (χ2v) is 67.1. The molecule has 0 fully saturated rings. The average Bonchev–Trinajstić information content (AvgIpc) is 3.45. The first kappa shape index (κ1) is 29.3. The molecule has 3 aromatic carbocycles. The van der Waals surface area contributed by atoms with Gasteiger partial charge >= 0.3 is 244 Å². The Morgan fingerprint density at radius 2 is 1.38 bits per heavy atom. The van der Waals surface area contributed by atoms with E-state index in [1.807, 2.05) is 0 Å². The number of benzene rings is 3. The van der Waals surface area contributed by atoms with Gasteiger partial charge in [-0.05, 0) is 0 Å². The Morgan fingerprint density at radius 1 is 0.769 bits per heavy atom. The van der Waals surface area contributed by atoms with E-state index < -0.39 is 20.7 Å². The van der Waals surface area contributed by atoms with Crippen LogP contribution in [-0.4, -0.2) is 6.65 Å². The summed E-state index contributed by atoms with van der Waals surface area (Å²) in [5.41, 5.74) is 13.6. The van der Waals surface area contributed by atoms with Crippen molar-refractivity contribution in [1.82, 2.24) is 0 Å². The van der Waals surface area contributed by atoms with Gasteiger partial charge < -0.3 is 0 Å². The van der Waals surface area contributed by atoms with Gasteiger partial charge in [-0.25, -0.2) is 0 Å². The van der Waals surface area contributed by atoms with Gasteiger partial charge in [0.1, 0.15) is 0 Å². The number of fused-ring (bicyclic) bond motifs is 2. The summed E-state index contributed by atoms with van der Waals surface area (Å²) in [6, 6.07) is 22.5.